The zero-order chi connectivity index (χ0) is 13.1. The zero-order valence-electron chi connectivity index (χ0n) is 10.9. The Balaban J connectivity index is 1.86. The minimum absolute atomic E-state index is 0.708. The molecule has 2 heterocycles. The lowest BCUT2D eigenvalue weighted by Crippen LogP contribution is -2.03. The molecule has 2 N–H and O–H groups in total. The van der Waals surface area contributed by atoms with E-state index >= 15 is 0 Å². The van der Waals surface area contributed by atoms with Crippen molar-refractivity contribution in [2.45, 2.75) is 19.4 Å². The van der Waals surface area contributed by atoms with Crippen molar-refractivity contribution in [1.82, 2.24) is 4.57 Å². The van der Waals surface area contributed by atoms with Gasteiger partial charge in [0.2, 0.25) is 0 Å². The number of fused-ring (bicyclic) bond motifs is 1. The molecule has 0 radical (unpaired) electrons. The molecule has 0 saturated carbocycles. The van der Waals surface area contributed by atoms with Crippen LogP contribution < -0.4 is 5.73 Å². The van der Waals surface area contributed by atoms with Crippen molar-refractivity contribution in [2.24, 2.45) is 5.73 Å². The molecule has 3 rings (SSSR count). The molecule has 3 heteroatoms. The normalized spacial score (nSPS) is 11.2. The van der Waals surface area contributed by atoms with Crippen LogP contribution in [0.1, 0.15) is 10.4 Å². The largest absolute Gasteiger partial charge is 0.347 e. The van der Waals surface area contributed by atoms with Gasteiger partial charge in [0, 0.05) is 28.5 Å². The Morgan fingerprint density at radius 2 is 2.00 bits per heavy atom. The van der Waals surface area contributed by atoms with Crippen molar-refractivity contribution < 1.29 is 0 Å². The summed E-state index contributed by atoms with van der Waals surface area (Å²) in [5.41, 5.74) is 8.35. The second-order valence-corrected chi connectivity index (χ2v) is 5.76. The molecule has 19 heavy (non-hydrogen) atoms. The summed E-state index contributed by atoms with van der Waals surface area (Å²) in [7, 11) is 0. The molecule has 0 amide bonds. The van der Waals surface area contributed by atoms with Crippen LogP contribution in [-0.4, -0.2) is 11.1 Å². The highest BCUT2D eigenvalue weighted by Gasteiger charge is 2.05. The Hall–Kier alpha value is -1.58. The maximum absolute atomic E-state index is 5.68. The predicted octanol–water partition coefficient (Wildman–Crippen LogP) is 3.45. The molecule has 0 saturated heterocycles. The molecule has 1 aromatic carbocycles. The van der Waals surface area contributed by atoms with E-state index in [9.17, 15) is 0 Å². The average molecular weight is 270 g/mol. The van der Waals surface area contributed by atoms with E-state index in [0.29, 0.717) is 6.54 Å². The van der Waals surface area contributed by atoms with Gasteiger partial charge in [-0.3, -0.25) is 0 Å². The van der Waals surface area contributed by atoms with Crippen LogP contribution in [0.4, 0.5) is 0 Å². The summed E-state index contributed by atoms with van der Waals surface area (Å²) < 4.78 is 2.34. The van der Waals surface area contributed by atoms with Gasteiger partial charge in [0.25, 0.3) is 0 Å². The van der Waals surface area contributed by atoms with E-state index in [1.165, 1.54) is 21.3 Å². The molecule has 0 aliphatic heterocycles. The number of aryl methyl sites for hydroxylation is 2. The van der Waals surface area contributed by atoms with E-state index in [0.717, 1.165) is 19.4 Å². The van der Waals surface area contributed by atoms with Gasteiger partial charge >= 0.3 is 0 Å². The minimum Gasteiger partial charge on any atom is -0.347 e. The van der Waals surface area contributed by atoms with Gasteiger partial charge in [-0.25, -0.2) is 0 Å². The number of rotatable bonds is 5. The highest BCUT2D eigenvalue weighted by molar-refractivity contribution is 7.09. The Kier molecular flexibility index (Phi) is 3.67. The van der Waals surface area contributed by atoms with Crippen LogP contribution in [0.3, 0.4) is 0 Å². The number of nitrogens with two attached hydrogens (primary N) is 1. The molecule has 0 atom stereocenters. The summed E-state index contributed by atoms with van der Waals surface area (Å²) in [4.78, 5) is 1.44. The van der Waals surface area contributed by atoms with E-state index in [4.69, 9.17) is 5.73 Å². The molecule has 0 fully saturated rings. The van der Waals surface area contributed by atoms with E-state index < -0.39 is 0 Å². The van der Waals surface area contributed by atoms with Crippen molar-refractivity contribution in [3.63, 3.8) is 0 Å². The van der Waals surface area contributed by atoms with Crippen molar-refractivity contribution in [3.05, 3.63) is 58.4 Å². The van der Waals surface area contributed by atoms with Gasteiger partial charge in [-0.15, -0.1) is 11.3 Å². The van der Waals surface area contributed by atoms with Crippen LogP contribution in [-0.2, 0) is 19.4 Å². The van der Waals surface area contributed by atoms with Gasteiger partial charge in [0.15, 0.2) is 0 Å². The summed E-state index contributed by atoms with van der Waals surface area (Å²) in [6, 6.07) is 13.1. The van der Waals surface area contributed by atoms with Gasteiger partial charge < -0.3 is 10.3 Å². The summed E-state index contributed by atoms with van der Waals surface area (Å²) in [5, 5.41) is 3.49. The number of hydrogen-bond donors (Lipinski definition) is 1. The molecule has 3 aromatic rings. The van der Waals surface area contributed by atoms with Crippen molar-refractivity contribution in [3.8, 4) is 0 Å². The third kappa shape index (κ3) is 2.57. The van der Waals surface area contributed by atoms with Crippen LogP contribution in [0.5, 0.6) is 0 Å². The third-order valence-electron chi connectivity index (χ3n) is 3.50. The Bertz CT molecular complexity index is 653. The van der Waals surface area contributed by atoms with Crippen LogP contribution in [0.2, 0.25) is 0 Å². The fraction of sp³-hybridized carbons (Fsp3) is 0.250. The van der Waals surface area contributed by atoms with E-state index in [1.807, 2.05) is 11.3 Å². The first-order valence-corrected chi connectivity index (χ1v) is 7.55. The summed E-state index contributed by atoms with van der Waals surface area (Å²) in [6.45, 7) is 1.75. The quantitative estimate of drug-likeness (QED) is 0.756. The molecule has 2 aromatic heterocycles. The van der Waals surface area contributed by atoms with Gasteiger partial charge in [-0.05, 0) is 48.5 Å². The van der Waals surface area contributed by atoms with E-state index in [2.05, 4.69) is 52.5 Å². The van der Waals surface area contributed by atoms with Crippen LogP contribution in [0, 0.1) is 0 Å². The van der Waals surface area contributed by atoms with Gasteiger partial charge in [-0.1, -0.05) is 18.2 Å². The van der Waals surface area contributed by atoms with E-state index in [1.54, 1.807) is 0 Å². The first-order valence-electron chi connectivity index (χ1n) is 6.67. The summed E-state index contributed by atoms with van der Waals surface area (Å²) >= 11 is 1.83. The van der Waals surface area contributed by atoms with Gasteiger partial charge in [-0.2, -0.15) is 0 Å². The number of hydrogen-bond acceptors (Lipinski definition) is 2. The second-order valence-electron chi connectivity index (χ2n) is 4.73. The van der Waals surface area contributed by atoms with Crippen molar-refractivity contribution in [1.29, 1.82) is 0 Å². The molecule has 0 bridgehead atoms. The first kappa shape index (κ1) is 12.5. The fourth-order valence-electron chi connectivity index (χ4n) is 2.54. The van der Waals surface area contributed by atoms with E-state index in [-0.39, 0.29) is 0 Å². The average Bonchev–Trinajstić information content (AvgIpc) is 3.06. The molecule has 98 valence electrons. The molecule has 0 unspecified atom stereocenters. The van der Waals surface area contributed by atoms with Crippen LogP contribution >= 0.6 is 11.3 Å². The zero-order valence-corrected chi connectivity index (χ0v) is 11.7. The van der Waals surface area contributed by atoms with Gasteiger partial charge in [0.1, 0.15) is 0 Å². The van der Waals surface area contributed by atoms with Crippen molar-refractivity contribution in [2.75, 3.05) is 6.54 Å². The van der Waals surface area contributed by atoms with Crippen molar-refractivity contribution >= 4 is 22.2 Å². The monoisotopic (exact) mass is 270 g/mol. The number of thiophene rings is 1. The molecular formula is C16H18N2S. The summed E-state index contributed by atoms with van der Waals surface area (Å²) in [6.07, 6.45) is 4.24. The van der Waals surface area contributed by atoms with Crippen LogP contribution in [0.25, 0.3) is 10.9 Å². The SMILES string of the molecule is NCCc1cccc2c1ccn2CCc1cccs1. The molecular weight excluding hydrogens is 252 g/mol. The highest BCUT2D eigenvalue weighted by Crippen LogP contribution is 2.21. The lowest BCUT2D eigenvalue weighted by atomic mass is 10.1. The molecule has 2 nitrogen and oxygen atoms in total. The predicted molar refractivity (Wildman–Crippen MR) is 82.7 cm³/mol. The minimum atomic E-state index is 0.708. The Labute approximate surface area is 117 Å². The lowest BCUT2D eigenvalue weighted by Gasteiger charge is -2.06. The third-order valence-corrected chi connectivity index (χ3v) is 4.43. The smallest absolute Gasteiger partial charge is 0.0483 e. The second kappa shape index (κ2) is 5.59. The number of benzene rings is 1. The maximum atomic E-state index is 5.68. The standard InChI is InChI=1S/C16H18N2S/c17-9-6-13-3-1-5-16-15(13)8-11-18(16)10-7-14-4-2-12-19-14/h1-5,8,11-12H,6-7,9-10,17H2. The highest BCUT2D eigenvalue weighted by atomic mass is 32.1. The van der Waals surface area contributed by atoms with Crippen LogP contribution in [0.15, 0.2) is 48.0 Å². The number of nitrogens with zero attached hydrogens (tertiary/aromatic N) is 1. The molecule has 0 aliphatic carbocycles. The lowest BCUT2D eigenvalue weighted by molar-refractivity contribution is 0.729. The Morgan fingerprint density at radius 1 is 1.05 bits per heavy atom. The number of aromatic nitrogens is 1. The van der Waals surface area contributed by atoms with Gasteiger partial charge in [0.05, 0.1) is 0 Å². The Morgan fingerprint density at radius 3 is 2.79 bits per heavy atom. The fourth-order valence-corrected chi connectivity index (χ4v) is 3.24. The maximum Gasteiger partial charge on any atom is 0.0483 e. The summed E-state index contributed by atoms with van der Waals surface area (Å²) in [5.74, 6) is 0. The molecule has 0 aliphatic rings. The molecule has 0 spiro atoms. The first-order chi connectivity index (χ1) is 9.38. The topological polar surface area (TPSA) is 30.9 Å².